The van der Waals surface area contributed by atoms with Gasteiger partial charge in [0.05, 0.1) is 6.20 Å². The number of aromatic nitrogens is 2. The molecule has 0 amide bonds. The molecule has 0 spiro atoms. The highest BCUT2D eigenvalue weighted by molar-refractivity contribution is 4.87. The lowest BCUT2D eigenvalue weighted by molar-refractivity contribution is 0.308. The van der Waals surface area contributed by atoms with Crippen molar-refractivity contribution >= 4 is 0 Å². The molecule has 1 aliphatic heterocycles. The topological polar surface area (TPSA) is 66.9 Å². The van der Waals surface area contributed by atoms with E-state index in [9.17, 15) is 14.0 Å². The third kappa shape index (κ3) is 2.15. The number of H-pyrrole nitrogens is 1. The van der Waals surface area contributed by atoms with Crippen LogP contribution in [0.15, 0.2) is 15.8 Å². The third-order valence-corrected chi connectivity index (χ3v) is 2.61. The van der Waals surface area contributed by atoms with E-state index in [2.05, 4.69) is 5.32 Å². The van der Waals surface area contributed by atoms with Crippen LogP contribution in [0.2, 0.25) is 0 Å². The Kier molecular flexibility index (Phi) is 2.68. The molecule has 2 N–H and O–H groups in total. The summed E-state index contributed by atoms with van der Waals surface area (Å²) in [6.07, 6.45) is 1.78. The quantitative estimate of drug-likeness (QED) is 0.696. The summed E-state index contributed by atoms with van der Waals surface area (Å²) in [4.78, 5) is 23.9. The molecule has 82 valence electrons. The van der Waals surface area contributed by atoms with Gasteiger partial charge >= 0.3 is 5.69 Å². The highest BCUT2D eigenvalue weighted by Gasteiger charge is 2.16. The molecule has 0 saturated carbocycles. The van der Waals surface area contributed by atoms with Crippen molar-refractivity contribution in [3.8, 4) is 0 Å². The van der Waals surface area contributed by atoms with Crippen molar-refractivity contribution in [1.82, 2.24) is 14.9 Å². The Labute approximate surface area is 84.9 Å². The lowest BCUT2D eigenvalue weighted by Crippen LogP contribution is -2.43. The predicted molar refractivity (Wildman–Crippen MR) is 52.3 cm³/mol. The Morgan fingerprint density at radius 2 is 2.20 bits per heavy atom. The van der Waals surface area contributed by atoms with Crippen LogP contribution in [-0.4, -0.2) is 22.6 Å². The van der Waals surface area contributed by atoms with E-state index in [-0.39, 0.29) is 0 Å². The molecule has 6 heteroatoms. The first kappa shape index (κ1) is 10.1. The van der Waals surface area contributed by atoms with Crippen LogP contribution in [-0.2, 0) is 6.54 Å². The number of hydrogen-bond acceptors (Lipinski definition) is 3. The molecular formula is C9H12FN3O2. The fraction of sp³-hybridized carbons (Fsp3) is 0.556. The van der Waals surface area contributed by atoms with Gasteiger partial charge in [-0.2, -0.15) is 4.39 Å². The number of halogens is 1. The van der Waals surface area contributed by atoms with Gasteiger partial charge in [-0.25, -0.2) is 4.79 Å². The zero-order valence-corrected chi connectivity index (χ0v) is 8.12. The third-order valence-electron chi connectivity index (χ3n) is 2.61. The van der Waals surface area contributed by atoms with Crippen LogP contribution >= 0.6 is 0 Å². The van der Waals surface area contributed by atoms with Gasteiger partial charge < -0.3 is 5.32 Å². The molecule has 1 fully saturated rings. The minimum Gasteiger partial charge on any atom is -0.316 e. The summed E-state index contributed by atoms with van der Waals surface area (Å²) in [5.74, 6) is -0.367. The van der Waals surface area contributed by atoms with Crippen molar-refractivity contribution < 1.29 is 4.39 Å². The van der Waals surface area contributed by atoms with Crippen LogP contribution < -0.4 is 16.6 Å². The number of nitrogens with zero attached hydrogens (tertiary/aromatic N) is 1. The van der Waals surface area contributed by atoms with E-state index in [1.807, 2.05) is 4.98 Å². The SMILES string of the molecule is O=c1[nH]c(=O)n(CCC2CNC2)cc1F. The van der Waals surface area contributed by atoms with Gasteiger partial charge in [0.25, 0.3) is 5.56 Å². The highest BCUT2D eigenvalue weighted by Crippen LogP contribution is 2.08. The molecule has 2 heterocycles. The number of rotatable bonds is 3. The largest absolute Gasteiger partial charge is 0.328 e. The van der Waals surface area contributed by atoms with Crippen molar-refractivity contribution in [3.63, 3.8) is 0 Å². The van der Waals surface area contributed by atoms with E-state index in [4.69, 9.17) is 0 Å². The van der Waals surface area contributed by atoms with E-state index in [0.29, 0.717) is 12.5 Å². The summed E-state index contributed by atoms with van der Waals surface area (Å²) in [6, 6.07) is 0. The van der Waals surface area contributed by atoms with E-state index in [1.54, 1.807) is 0 Å². The van der Waals surface area contributed by atoms with Gasteiger partial charge in [-0.15, -0.1) is 0 Å². The molecular weight excluding hydrogens is 201 g/mol. The molecule has 0 aliphatic carbocycles. The van der Waals surface area contributed by atoms with E-state index in [1.165, 1.54) is 4.57 Å². The molecule has 1 aliphatic rings. The molecule has 2 rings (SSSR count). The second-order valence-corrected chi connectivity index (χ2v) is 3.74. The van der Waals surface area contributed by atoms with Gasteiger partial charge in [-0.1, -0.05) is 0 Å². The fourth-order valence-electron chi connectivity index (χ4n) is 1.52. The van der Waals surface area contributed by atoms with Gasteiger partial charge in [-0.3, -0.25) is 14.3 Å². The van der Waals surface area contributed by atoms with Gasteiger partial charge in [0.2, 0.25) is 5.82 Å². The van der Waals surface area contributed by atoms with Crippen molar-refractivity contribution in [1.29, 1.82) is 0 Å². The van der Waals surface area contributed by atoms with Crippen molar-refractivity contribution in [2.45, 2.75) is 13.0 Å². The van der Waals surface area contributed by atoms with E-state index >= 15 is 0 Å². The minimum atomic E-state index is -0.957. The predicted octanol–water partition coefficient (Wildman–Crippen LogP) is -0.715. The van der Waals surface area contributed by atoms with Crippen LogP contribution in [0.5, 0.6) is 0 Å². The van der Waals surface area contributed by atoms with Gasteiger partial charge in [-0.05, 0) is 25.4 Å². The molecule has 0 aromatic carbocycles. The standard InChI is InChI=1S/C9H12FN3O2/c10-7-5-13(9(15)12-8(7)14)2-1-6-3-11-4-6/h5-6,11H,1-4H2,(H,12,14,15). The average molecular weight is 213 g/mol. The summed E-state index contributed by atoms with van der Waals surface area (Å²) in [7, 11) is 0. The van der Waals surface area contributed by atoms with Gasteiger partial charge in [0.1, 0.15) is 0 Å². The van der Waals surface area contributed by atoms with Crippen LogP contribution in [0.1, 0.15) is 6.42 Å². The second kappa shape index (κ2) is 3.98. The van der Waals surface area contributed by atoms with E-state index < -0.39 is 17.1 Å². The minimum absolute atomic E-state index is 0.443. The summed E-state index contributed by atoms with van der Waals surface area (Å²) in [5, 5.41) is 3.11. The zero-order chi connectivity index (χ0) is 10.8. The molecule has 0 atom stereocenters. The lowest BCUT2D eigenvalue weighted by atomic mass is 10.00. The van der Waals surface area contributed by atoms with Gasteiger partial charge in [0, 0.05) is 6.54 Å². The maximum Gasteiger partial charge on any atom is 0.328 e. The molecule has 1 aromatic heterocycles. The Morgan fingerprint density at radius 1 is 1.47 bits per heavy atom. The normalized spacial score (nSPS) is 16.3. The lowest BCUT2D eigenvalue weighted by Gasteiger charge is -2.26. The maximum atomic E-state index is 12.9. The smallest absolute Gasteiger partial charge is 0.316 e. The van der Waals surface area contributed by atoms with Crippen molar-refractivity contribution in [2.75, 3.05) is 13.1 Å². The highest BCUT2D eigenvalue weighted by atomic mass is 19.1. The molecule has 0 radical (unpaired) electrons. The first-order valence-corrected chi connectivity index (χ1v) is 4.87. The fourth-order valence-corrected chi connectivity index (χ4v) is 1.52. The zero-order valence-electron chi connectivity index (χ0n) is 8.12. The number of aromatic amines is 1. The van der Waals surface area contributed by atoms with Crippen LogP contribution in [0.3, 0.4) is 0 Å². The molecule has 5 nitrogen and oxygen atoms in total. The summed E-state index contributed by atoms with van der Waals surface area (Å²) < 4.78 is 14.1. The Hall–Kier alpha value is -1.43. The Morgan fingerprint density at radius 3 is 2.80 bits per heavy atom. The molecule has 0 unspecified atom stereocenters. The summed E-state index contributed by atoms with van der Waals surface area (Å²) in [6.45, 7) is 2.33. The summed E-state index contributed by atoms with van der Waals surface area (Å²) in [5.41, 5.74) is -1.50. The van der Waals surface area contributed by atoms with Crippen molar-refractivity contribution in [3.05, 3.63) is 32.9 Å². The number of nitrogens with one attached hydrogen (secondary N) is 2. The molecule has 15 heavy (non-hydrogen) atoms. The first-order chi connectivity index (χ1) is 7.16. The first-order valence-electron chi connectivity index (χ1n) is 4.87. The van der Waals surface area contributed by atoms with Gasteiger partial charge in [0.15, 0.2) is 0 Å². The Bertz CT molecular complexity index is 461. The Balaban J connectivity index is 2.10. The summed E-state index contributed by atoms with van der Waals surface area (Å²) >= 11 is 0. The maximum absolute atomic E-state index is 12.9. The molecule has 0 bridgehead atoms. The molecule has 1 saturated heterocycles. The van der Waals surface area contributed by atoms with Crippen LogP contribution in [0.25, 0.3) is 0 Å². The molecule has 1 aromatic rings. The van der Waals surface area contributed by atoms with Crippen LogP contribution in [0.4, 0.5) is 4.39 Å². The monoisotopic (exact) mass is 213 g/mol. The van der Waals surface area contributed by atoms with Crippen LogP contribution in [0, 0.1) is 11.7 Å². The van der Waals surface area contributed by atoms with Crippen molar-refractivity contribution in [2.24, 2.45) is 5.92 Å². The van der Waals surface area contributed by atoms with E-state index in [0.717, 1.165) is 25.7 Å². The number of hydrogen-bond donors (Lipinski definition) is 2. The second-order valence-electron chi connectivity index (χ2n) is 3.74. The number of aryl methyl sites for hydroxylation is 1. The average Bonchev–Trinajstić information content (AvgIpc) is 2.11.